The molecule has 0 aromatic heterocycles. The van der Waals surface area contributed by atoms with Crippen molar-refractivity contribution in [2.75, 3.05) is 6.61 Å². The zero-order chi connectivity index (χ0) is 13.0. The molecule has 0 radical (unpaired) electrons. The zero-order valence-corrected chi connectivity index (χ0v) is 11.2. The van der Waals surface area contributed by atoms with E-state index >= 15 is 0 Å². The summed E-state index contributed by atoms with van der Waals surface area (Å²) in [4.78, 5) is 11.7. The van der Waals surface area contributed by atoms with Gasteiger partial charge in [0.2, 0.25) is 5.91 Å². The Balaban J connectivity index is 1.85. The highest BCUT2D eigenvalue weighted by atomic mass is 16.5. The summed E-state index contributed by atoms with van der Waals surface area (Å²) in [5.41, 5.74) is 2.49. The maximum atomic E-state index is 11.7. The van der Waals surface area contributed by atoms with Crippen LogP contribution in [0.15, 0.2) is 18.2 Å². The van der Waals surface area contributed by atoms with Gasteiger partial charge in [0.05, 0.1) is 6.61 Å². The standard InChI is InChI=1S/C15H21NO2/c1-3-11(2)16-15(17)7-5-12-4-6-14-13(10-12)8-9-18-14/h4,6,10-11H,3,5,7-9H2,1-2H3,(H,16,17)/t11-/m1/s1. The van der Waals surface area contributed by atoms with E-state index in [2.05, 4.69) is 24.4 Å². The van der Waals surface area contributed by atoms with Crippen LogP contribution in [0.3, 0.4) is 0 Å². The van der Waals surface area contributed by atoms with Gasteiger partial charge in [-0.3, -0.25) is 4.79 Å². The summed E-state index contributed by atoms with van der Waals surface area (Å²) in [7, 11) is 0. The van der Waals surface area contributed by atoms with E-state index in [0.717, 1.165) is 31.6 Å². The molecule has 0 fully saturated rings. The maximum absolute atomic E-state index is 11.7. The smallest absolute Gasteiger partial charge is 0.220 e. The second kappa shape index (κ2) is 5.89. The van der Waals surface area contributed by atoms with Crippen LogP contribution in [0.1, 0.15) is 37.8 Å². The number of benzene rings is 1. The Labute approximate surface area is 109 Å². The van der Waals surface area contributed by atoms with E-state index in [1.165, 1.54) is 11.1 Å². The van der Waals surface area contributed by atoms with E-state index in [1.54, 1.807) is 0 Å². The van der Waals surface area contributed by atoms with Crippen LogP contribution in [0.4, 0.5) is 0 Å². The van der Waals surface area contributed by atoms with Crippen LogP contribution in [0.25, 0.3) is 0 Å². The molecule has 1 aliphatic rings. The lowest BCUT2D eigenvalue weighted by Crippen LogP contribution is -2.31. The number of fused-ring (bicyclic) bond motifs is 1. The highest BCUT2D eigenvalue weighted by molar-refractivity contribution is 5.76. The third-order valence-electron chi connectivity index (χ3n) is 3.41. The molecule has 0 aliphatic carbocycles. The number of aryl methyl sites for hydroxylation is 1. The summed E-state index contributed by atoms with van der Waals surface area (Å²) in [5, 5.41) is 2.99. The molecule has 0 spiro atoms. The fourth-order valence-corrected chi connectivity index (χ4v) is 2.10. The maximum Gasteiger partial charge on any atom is 0.220 e. The van der Waals surface area contributed by atoms with Crippen molar-refractivity contribution in [3.05, 3.63) is 29.3 Å². The summed E-state index contributed by atoms with van der Waals surface area (Å²) < 4.78 is 5.47. The van der Waals surface area contributed by atoms with Gasteiger partial charge in [0.15, 0.2) is 0 Å². The van der Waals surface area contributed by atoms with E-state index in [9.17, 15) is 4.79 Å². The number of carbonyl (C=O) groups is 1. The minimum Gasteiger partial charge on any atom is -0.493 e. The van der Waals surface area contributed by atoms with Crippen LogP contribution in [-0.2, 0) is 17.6 Å². The topological polar surface area (TPSA) is 38.3 Å². The lowest BCUT2D eigenvalue weighted by Gasteiger charge is -2.11. The molecule has 3 heteroatoms. The summed E-state index contributed by atoms with van der Waals surface area (Å²) in [6.45, 7) is 4.89. The third kappa shape index (κ3) is 3.25. The molecule has 1 aromatic carbocycles. The number of carbonyl (C=O) groups excluding carboxylic acids is 1. The Morgan fingerprint density at radius 2 is 2.33 bits per heavy atom. The molecule has 0 saturated heterocycles. The summed E-state index contributed by atoms with van der Waals surface area (Å²) in [6, 6.07) is 6.51. The van der Waals surface area contributed by atoms with Crippen molar-refractivity contribution in [3.63, 3.8) is 0 Å². The van der Waals surface area contributed by atoms with Crippen molar-refractivity contribution < 1.29 is 9.53 Å². The van der Waals surface area contributed by atoms with Crippen molar-refractivity contribution in [3.8, 4) is 5.75 Å². The lowest BCUT2D eigenvalue weighted by atomic mass is 10.0. The summed E-state index contributed by atoms with van der Waals surface area (Å²) in [5.74, 6) is 1.14. The van der Waals surface area contributed by atoms with Crippen molar-refractivity contribution in [2.24, 2.45) is 0 Å². The Kier molecular flexibility index (Phi) is 4.24. The Hall–Kier alpha value is -1.51. The minimum atomic E-state index is 0.140. The molecular formula is C15H21NO2. The van der Waals surface area contributed by atoms with Crippen LogP contribution in [0.2, 0.25) is 0 Å². The molecule has 3 nitrogen and oxygen atoms in total. The second-order valence-electron chi connectivity index (χ2n) is 4.92. The molecule has 1 amide bonds. The van der Waals surface area contributed by atoms with Crippen LogP contribution < -0.4 is 10.1 Å². The molecule has 1 aromatic rings. The number of ether oxygens (including phenoxy) is 1. The normalized spacial score (nSPS) is 14.8. The first-order chi connectivity index (χ1) is 8.69. The van der Waals surface area contributed by atoms with Crippen LogP contribution in [0.5, 0.6) is 5.75 Å². The summed E-state index contributed by atoms with van der Waals surface area (Å²) >= 11 is 0. The van der Waals surface area contributed by atoms with Gasteiger partial charge < -0.3 is 10.1 Å². The molecule has 2 rings (SSSR count). The molecule has 1 N–H and O–H groups in total. The molecule has 18 heavy (non-hydrogen) atoms. The number of hydrogen-bond donors (Lipinski definition) is 1. The van der Waals surface area contributed by atoms with E-state index in [-0.39, 0.29) is 11.9 Å². The fourth-order valence-electron chi connectivity index (χ4n) is 2.10. The molecule has 1 heterocycles. The van der Waals surface area contributed by atoms with Crippen molar-refractivity contribution in [2.45, 2.75) is 45.6 Å². The Bertz CT molecular complexity index is 429. The van der Waals surface area contributed by atoms with Gasteiger partial charge >= 0.3 is 0 Å². The monoisotopic (exact) mass is 247 g/mol. The predicted molar refractivity (Wildman–Crippen MR) is 71.9 cm³/mol. The highest BCUT2D eigenvalue weighted by Gasteiger charge is 2.12. The Morgan fingerprint density at radius 3 is 3.11 bits per heavy atom. The predicted octanol–water partition coefficient (Wildman–Crippen LogP) is 2.47. The molecular weight excluding hydrogens is 226 g/mol. The van der Waals surface area contributed by atoms with Crippen molar-refractivity contribution in [1.29, 1.82) is 0 Å². The lowest BCUT2D eigenvalue weighted by molar-refractivity contribution is -0.121. The van der Waals surface area contributed by atoms with Crippen molar-refractivity contribution >= 4 is 5.91 Å². The SMILES string of the molecule is CC[C@@H](C)NC(=O)CCc1ccc2c(c1)CCO2. The Morgan fingerprint density at radius 1 is 1.50 bits per heavy atom. The first-order valence-electron chi connectivity index (χ1n) is 6.73. The number of amides is 1. The fraction of sp³-hybridized carbons (Fsp3) is 0.533. The van der Waals surface area contributed by atoms with E-state index in [4.69, 9.17) is 4.74 Å². The third-order valence-corrected chi connectivity index (χ3v) is 3.41. The zero-order valence-electron chi connectivity index (χ0n) is 11.2. The molecule has 0 bridgehead atoms. The van der Waals surface area contributed by atoms with Gasteiger partial charge in [-0.25, -0.2) is 0 Å². The number of hydrogen-bond acceptors (Lipinski definition) is 2. The molecule has 0 unspecified atom stereocenters. The highest BCUT2D eigenvalue weighted by Crippen LogP contribution is 2.26. The second-order valence-corrected chi connectivity index (χ2v) is 4.92. The number of nitrogens with one attached hydrogen (secondary N) is 1. The molecule has 98 valence electrons. The van der Waals surface area contributed by atoms with Crippen LogP contribution >= 0.6 is 0 Å². The summed E-state index contributed by atoms with van der Waals surface area (Å²) in [6.07, 6.45) is 3.32. The number of rotatable bonds is 5. The van der Waals surface area contributed by atoms with Crippen LogP contribution in [-0.4, -0.2) is 18.6 Å². The van der Waals surface area contributed by atoms with E-state index in [0.29, 0.717) is 6.42 Å². The van der Waals surface area contributed by atoms with Gasteiger partial charge in [0.25, 0.3) is 0 Å². The van der Waals surface area contributed by atoms with Gasteiger partial charge in [-0.2, -0.15) is 0 Å². The van der Waals surface area contributed by atoms with E-state index < -0.39 is 0 Å². The quantitative estimate of drug-likeness (QED) is 0.868. The van der Waals surface area contributed by atoms with E-state index in [1.807, 2.05) is 13.0 Å². The average molecular weight is 247 g/mol. The van der Waals surface area contributed by atoms with Gasteiger partial charge in [-0.05, 0) is 37.0 Å². The minimum absolute atomic E-state index is 0.140. The average Bonchev–Trinajstić information content (AvgIpc) is 2.83. The van der Waals surface area contributed by atoms with Crippen LogP contribution in [0, 0.1) is 0 Å². The largest absolute Gasteiger partial charge is 0.493 e. The van der Waals surface area contributed by atoms with Gasteiger partial charge in [-0.1, -0.05) is 19.1 Å². The molecule has 1 aliphatic heterocycles. The first-order valence-corrected chi connectivity index (χ1v) is 6.73. The van der Waals surface area contributed by atoms with Crippen molar-refractivity contribution in [1.82, 2.24) is 5.32 Å². The first kappa shape index (κ1) is 12.9. The molecule has 0 saturated carbocycles. The van der Waals surface area contributed by atoms with Gasteiger partial charge in [-0.15, -0.1) is 0 Å². The van der Waals surface area contributed by atoms with Gasteiger partial charge in [0, 0.05) is 18.9 Å². The molecule has 1 atom stereocenters. The van der Waals surface area contributed by atoms with Gasteiger partial charge in [0.1, 0.15) is 5.75 Å².